The molecule has 22 heavy (non-hydrogen) atoms. The summed E-state index contributed by atoms with van der Waals surface area (Å²) < 4.78 is 5.19. The first kappa shape index (κ1) is 16.9. The average molecular weight is 326 g/mol. The maximum atomic E-state index is 12.2. The highest BCUT2D eigenvalue weighted by Gasteiger charge is 2.15. The number of hydrogen-bond donors (Lipinski definition) is 2. The predicted molar refractivity (Wildman–Crippen MR) is 89.7 cm³/mol. The smallest absolute Gasteiger partial charge is 0.255 e. The zero-order valence-corrected chi connectivity index (χ0v) is 13.8. The number of nitrogens with zero attached hydrogens (tertiary/aromatic N) is 1. The molecule has 1 aromatic carbocycles. The Kier molecular flexibility index (Phi) is 6.34. The number of halogens is 1. The normalized spacial score (nSPS) is 15.0. The molecular weight excluding hydrogens is 302 g/mol. The van der Waals surface area contributed by atoms with Gasteiger partial charge in [-0.15, -0.1) is 0 Å². The van der Waals surface area contributed by atoms with Gasteiger partial charge < -0.3 is 20.7 Å². The SMILES string of the molecule is COc1cc(N)c(Cl)cc1C(=O)NCCCCN1CCCC1. The van der Waals surface area contributed by atoms with Crippen LogP contribution in [-0.4, -0.2) is 44.1 Å². The van der Waals surface area contributed by atoms with Crippen LogP contribution < -0.4 is 15.8 Å². The van der Waals surface area contributed by atoms with Crippen LogP contribution in [0.1, 0.15) is 36.0 Å². The number of carbonyl (C=O) groups is 1. The molecule has 0 aromatic heterocycles. The van der Waals surface area contributed by atoms with E-state index in [4.69, 9.17) is 22.1 Å². The molecule has 0 unspecified atom stereocenters. The Bertz CT molecular complexity index is 516. The molecule has 3 N–H and O–H groups in total. The standard InChI is InChI=1S/C16H24ClN3O2/c1-22-15-11-14(18)13(17)10-12(15)16(21)19-6-2-3-7-20-8-4-5-9-20/h10-11H,2-9,18H2,1H3,(H,19,21). The number of nitrogen functional groups attached to an aromatic ring is 1. The Morgan fingerprint density at radius 1 is 1.36 bits per heavy atom. The topological polar surface area (TPSA) is 67.6 Å². The zero-order chi connectivity index (χ0) is 15.9. The zero-order valence-electron chi connectivity index (χ0n) is 13.0. The molecule has 1 aromatic rings. The van der Waals surface area contributed by atoms with Crippen LogP contribution in [0.4, 0.5) is 5.69 Å². The molecular formula is C16H24ClN3O2. The molecule has 6 heteroatoms. The number of unbranched alkanes of at least 4 members (excludes halogenated alkanes) is 1. The fourth-order valence-corrected chi connectivity index (χ4v) is 2.84. The Hall–Kier alpha value is -1.46. The maximum Gasteiger partial charge on any atom is 0.255 e. The van der Waals surface area contributed by atoms with Gasteiger partial charge in [0.2, 0.25) is 0 Å². The highest BCUT2D eigenvalue weighted by atomic mass is 35.5. The molecule has 1 aliphatic rings. The van der Waals surface area contributed by atoms with E-state index in [0.717, 1.165) is 19.4 Å². The van der Waals surface area contributed by atoms with Crippen molar-refractivity contribution in [3.8, 4) is 5.75 Å². The van der Waals surface area contributed by atoms with E-state index in [1.54, 1.807) is 12.1 Å². The second-order valence-electron chi connectivity index (χ2n) is 5.59. The van der Waals surface area contributed by atoms with Gasteiger partial charge in [-0.25, -0.2) is 0 Å². The van der Waals surface area contributed by atoms with Gasteiger partial charge in [0.1, 0.15) is 5.75 Å². The first-order chi connectivity index (χ1) is 10.6. The van der Waals surface area contributed by atoms with Gasteiger partial charge in [0.05, 0.1) is 23.4 Å². The second kappa shape index (κ2) is 8.25. The third-order valence-electron chi connectivity index (χ3n) is 3.95. The number of nitrogens with two attached hydrogens (primary N) is 1. The van der Waals surface area contributed by atoms with Crippen LogP contribution in [0, 0.1) is 0 Å². The van der Waals surface area contributed by atoms with Gasteiger partial charge in [-0.1, -0.05) is 11.6 Å². The third-order valence-corrected chi connectivity index (χ3v) is 4.28. The van der Waals surface area contributed by atoms with Gasteiger partial charge >= 0.3 is 0 Å². The quantitative estimate of drug-likeness (QED) is 0.597. The molecule has 0 bridgehead atoms. The van der Waals surface area contributed by atoms with Crippen molar-refractivity contribution in [1.82, 2.24) is 10.2 Å². The molecule has 122 valence electrons. The molecule has 1 amide bonds. The van der Waals surface area contributed by atoms with Crippen LogP contribution in [0.5, 0.6) is 5.75 Å². The molecule has 0 spiro atoms. The molecule has 5 nitrogen and oxygen atoms in total. The minimum Gasteiger partial charge on any atom is -0.496 e. The van der Waals surface area contributed by atoms with Crippen LogP contribution in [0.3, 0.4) is 0 Å². The van der Waals surface area contributed by atoms with Gasteiger partial charge in [0.15, 0.2) is 0 Å². The number of rotatable bonds is 7. The summed E-state index contributed by atoms with van der Waals surface area (Å²) in [5.74, 6) is 0.261. The summed E-state index contributed by atoms with van der Waals surface area (Å²) in [5, 5.41) is 3.27. The van der Waals surface area contributed by atoms with Crippen LogP contribution in [0.15, 0.2) is 12.1 Å². The van der Waals surface area contributed by atoms with E-state index >= 15 is 0 Å². The lowest BCUT2D eigenvalue weighted by Gasteiger charge is -2.14. The summed E-state index contributed by atoms with van der Waals surface area (Å²) in [6.07, 6.45) is 4.69. The number of carbonyl (C=O) groups excluding carboxylic acids is 1. The summed E-state index contributed by atoms with van der Waals surface area (Å²) in [6, 6.07) is 3.12. The number of methoxy groups -OCH3 is 1. The van der Waals surface area contributed by atoms with E-state index in [1.807, 2.05) is 0 Å². The number of likely N-dealkylation sites (tertiary alicyclic amines) is 1. The fraction of sp³-hybridized carbons (Fsp3) is 0.562. The lowest BCUT2D eigenvalue weighted by molar-refractivity contribution is 0.0949. The summed E-state index contributed by atoms with van der Waals surface area (Å²) in [4.78, 5) is 14.7. The van der Waals surface area contributed by atoms with Crippen LogP contribution in [0.25, 0.3) is 0 Å². The summed E-state index contributed by atoms with van der Waals surface area (Å²) in [6.45, 7) is 4.20. The first-order valence-electron chi connectivity index (χ1n) is 7.75. The molecule has 1 fully saturated rings. The molecule has 0 aliphatic carbocycles. The first-order valence-corrected chi connectivity index (χ1v) is 8.13. The van der Waals surface area contributed by atoms with E-state index in [2.05, 4.69) is 10.2 Å². The van der Waals surface area contributed by atoms with Crippen molar-refractivity contribution in [1.29, 1.82) is 0 Å². The third kappa shape index (κ3) is 4.52. The minimum atomic E-state index is -0.181. The summed E-state index contributed by atoms with van der Waals surface area (Å²) >= 11 is 5.98. The van der Waals surface area contributed by atoms with Crippen molar-refractivity contribution >= 4 is 23.2 Å². The van der Waals surface area contributed by atoms with Crippen molar-refractivity contribution in [2.24, 2.45) is 0 Å². The van der Waals surface area contributed by atoms with Gasteiger partial charge in [-0.3, -0.25) is 4.79 Å². The minimum absolute atomic E-state index is 0.181. The Morgan fingerprint density at radius 2 is 2.09 bits per heavy atom. The lowest BCUT2D eigenvalue weighted by Crippen LogP contribution is -2.26. The van der Waals surface area contributed by atoms with Crippen LogP contribution in [-0.2, 0) is 0 Å². The predicted octanol–water partition coefficient (Wildman–Crippen LogP) is 2.54. The lowest BCUT2D eigenvalue weighted by atomic mass is 10.1. The number of hydrogen-bond acceptors (Lipinski definition) is 4. The maximum absolute atomic E-state index is 12.2. The van der Waals surface area contributed by atoms with Gasteiger partial charge in [-0.2, -0.15) is 0 Å². The molecule has 2 rings (SSSR count). The van der Waals surface area contributed by atoms with E-state index in [1.165, 1.54) is 33.0 Å². The van der Waals surface area contributed by atoms with Gasteiger partial charge in [-0.05, 0) is 51.4 Å². The van der Waals surface area contributed by atoms with Gasteiger partial charge in [0.25, 0.3) is 5.91 Å². The fourth-order valence-electron chi connectivity index (χ4n) is 2.68. The van der Waals surface area contributed by atoms with Crippen molar-refractivity contribution in [2.75, 3.05) is 39.0 Å². The average Bonchev–Trinajstić information content (AvgIpc) is 3.02. The number of anilines is 1. The van der Waals surface area contributed by atoms with Crippen LogP contribution >= 0.6 is 11.6 Å². The van der Waals surface area contributed by atoms with Crippen molar-refractivity contribution in [2.45, 2.75) is 25.7 Å². The number of ether oxygens (including phenoxy) is 1. The van der Waals surface area contributed by atoms with Crippen LogP contribution in [0.2, 0.25) is 5.02 Å². The molecule has 0 radical (unpaired) electrons. The molecule has 1 aliphatic heterocycles. The molecule has 1 heterocycles. The Balaban J connectivity index is 1.78. The summed E-state index contributed by atoms with van der Waals surface area (Å²) in [5.41, 5.74) is 6.54. The number of benzene rings is 1. The Labute approximate surface area is 136 Å². The molecule has 0 saturated carbocycles. The number of amides is 1. The molecule has 1 saturated heterocycles. The van der Waals surface area contributed by atoms with E-state index in [9.17, 15) is 4.79 Å². The van der Waals surface area contributed by atoms with E-state index < -0.39 is 0 Å². The van der Waals surface area contributed by atoms with E-state index in [0.29, 0.717) is 28.6 Å². The highest BCUT2D eigenvalue weighted by Crippen LogP contribution is 2.28. The van der Waals surface area contributed by atoms with Crippen molar-refractivity contribution in [3.63, 3.8) is 0 Å². The van der Waals surface area contributed by atoms with Crippen molar-refractivity contribution in [3.05, 3.63) is 22.7 Å². The molecule has 0 atom stereocenters. The number of nitrogens with one attached hydrogen (secondary N) is 1. The second-order valence-corrected chi connectivity index (χ2v) is 5.99. The summed E-state index contributed by atoms with van der Waals surface area (Å²) in [7, 11) is 1.51. The van der Waals surface area contributed by atoms with E-state index in [-0.39, 0.29) is 5.91 Å². The largest absolute Gasteiger partial charge is 0.496 e. The Morgan fingerprint density at radius 3 is 2.77 bits per heavy atom. The highest BCUT2D eigenvalue weighted by molar-refractivity contribution is 6.33. The van der Waals surface area contributed by atoms with Crippen molar-refractivity contribution < 1.29 is 9.53 Å². The monoisotopic (exact) mass is 325 g/mol. The van der Waals surface area contributed by atoms with Gasteiger partial charge in [0, 0.05) is 12.6 Å².